The van der Waals surface area contributed by atoms with Crippen molar-refractivity contribution in [2.75, 3.05) is 20.7 Å². The van der Waals surface area contributed by atoms with Crippen LogP contribution < -0.4 is 10.1 Å². The molecule has 1 aromatic heterocycles. The number of nitrogens with zero attached hydrogens (tertiary/aromatic N) is 1. The number of thiazole rings is 1. The molecule has 102 valence electrons. The van der Waals surface area contributed by atoms with Crippen molar-refractivity contribution in [2.24, 2.45) is 5.92 Å². The van der Waals surface area contributed by atoms with Crippen LogP contribution in [0.2, 0.25) is 0 Å². The highest BCUT2D eigenvalue weighted by molar-refractivity contribution is 7.09. The highest BCUT2D eigenvalue weighted by Crippen LogP contribution is 2.23. The van der Waals surface area contributed by atoms with E-state index in [9.17, 15) is 0 Å². The van der Waals surface area contributed by atoms with Crippen LogP contribution in [0.1, 0.15) is 10.4 Å². The molecule has 1 aromatic carbocycles. The summed E-state index contributed by atoms with van der Waals surface area (Å²) in [5.74, 6) is 1.54. The van der Waals surface area contributed by atoms with Gasteiger partial charge in [0.25, 0.3) is 0 Å². The van der Waals surface area contributed by atoms with Gasteiger partial charge in [-0.15, -0.1) is 11.3 Å². The average Bonchev–Trinajstić information content (AvgIpc) is 2.92. The van der Waals surface area contributed by atoms with Crippen molar-refractivity contribution in [3.05, 3.63) is 46.4 Å². The molecular formula is C15H20N2OS. The van der Waals surface area contributed by atoms with E-state index in [0.717, 1.165) is 25.1 Å². The van der Waals surface area contributed by atoms with Gasteiger partial charge in [0.1, 0.15) is 5.75 Å². The van der Waals surface area contributed by atoms with E-state index in [-0.39, 0.29) is 0 Å². The Morgan fingerprint density at radius 3 is 2.84 bits per heavy atom. The first-order valence-electron chi connectivity index (χ1n) is 6.47. The molecule has 0 spiro atoms. The molecule has 1 unspecified atom stereocenters. The molecule has 2 rings (SSSR count). The van der Waals surface area contributed by atoms with Crippen LogP contribution in [0.4, 0.5) is 0 Å². The largest absolute Gasteiger partial charge is 0.496 e. The summed E-state index contributed by atoms with van der Waals surface area (Å²) < 4.78 is 5.43. The minimum absolute atomic E-state index is 0.557. The number of para-hydroxylation sites is 1. The summed E-state index contributed by atoms with van der Waals surface area (Å²) >= 11 is 1.73. The van der Waals surface area contributed by atoms with Crippen molar-refractivity contribution in [3.8, 4) is 5.75 Å². The van der Waals surface area contributed by atoms with Gasteiger partial charge in [0.15, 0.2) is 0 Å². The lowest BCUT2D eigenvalue weighted by Gasteiger charge is -2.17. The number of ether oxygens (including phenoxy) is 1. The van der Waals surface area contributed by atoms with Crippen LogP contribution in [0.25, 0.3) is 0 Å². The molecule has 0 aliphatic heterocycles. The van der Waals surface area contributed by atoms with Crippen molar-refractivity contribution >= 4 is 11.3 Å². The number of rotatable bonds is 7. The Morgan fingerprint density at radius 2 is 2.16 bits per heavy atom. The summed E-state index contributed by atoms with van der Waals surface area (Å²) in [6, 6.07) is 8.26. The first kappa shape index (κ1) is 14.0. The second kappa shape index (κ2) is 7.26. The number of hydrogen-bond acceptors (Lipinski definition) is 4. The highest BCUT2D eigenvalue weighted by Gasteiger charge is 2.13. The van der Waals surface area contributed by atoms with E-state index >= 15 is 0 Å². The Balaban J connectivity index is 2.07. The molecule has 0 fully saturated rings. The molecule has 0 aliphatic rings. The maximum Gasteiger partial charge on any atom is 0.122 e. The summed E-state index contributed by atoms with van der Waals surface area (Å²) in [5, 5.41) is 3.28. The van der Waals surface area contributed by atoms with E-state index in [1.165, 1.54) is 10.4 Å². The normalized spacial score (nSPS) is 12.3. The summed E-state index contributed by atoms with van der Waals surface area (Å²) in [6.07, 6.45) is 4.04. The van der Waals surface area contributed by atoms with Crippen LogP contribution >= 0.6 is 11.3 Å². The lowest BCUT2D eigenvalue weighted by molar-refractivity contribution is 0.402. The van der Waals surface area contributed by atoms with E-state index in [1.54, 1.807) is 18.4 Å². The fraction of sp³-hybridized carbons (Fsp3) is 0.400. The average molecular weight is 276 g/mol. The maximum atomic E-state index is 5.43. The fourth-order valence-corrected chi connectivity index (χ4v) is 3.03. The topological polar surface area (TPSA) is 34.2 Å². The Kier molecular flexibility index (Phi) is 5.36. The summed E-state index contributed by atoms with van der Waals surface area (Å²) in [5.41, 5.74) is 3.17. The van der Waals surface area contributed by atoms with Crippen LogP contribution in [-0.4, -0.2) is 25.7 Å². The van der Waals surface area contributed by atoms with Gasteiger partial charge in [-0.3, -0.25) is 4.98 Å². The standard InChI is InChI=1S/C15H20N2OS/c1-16-9-12(8-14-10-17-11-19-14)7-13-5-3-4-6-15(13)18-2/h3-6,10-12,16H,7-9H2,1-2H3. The van der Waals surface area contributed by atoms with Gasteiger partial charge >= 0.3 is 0 Å². The fourth-order valence-electron chi connectivity index (χ4n) is 2.32. The molecule has 4 heteroatoms. The second-order valence-electron chi connectivity index (χ2n) is 4.61. The Bertz CT molecular complexity index is 485. The predicted molar refractivity (Wildman–Crippen MR) is 79.9 cm³/mol. The Labute approximate surface area is 118 Å². The quantitative estimate of drug-likeness (QED) is 0.844. The number of hydrogen-bond donors (Lipinski definition) is 1. The summed E-state index contributed by atoms with van der Waals surface area (Å²) in [4.78, 5) is 5.49. The molecule has 1 atom stereocenters. The van der Waals surface area contributed by atoms with Gasteiger partial charge in [0.05, 0.1) is 12.6 Å². The van der Waals surface area contributed by atoms with Crippen molar-refractivity contribution in [2.45, 2.75) is 12.8 Å². The highest BCUT2D eigenvalue weighted by atomic mass is 32.1. The third-order valence-corrected chi connectivity index (χ3v) is 3.97. The van der Waals surface area contributed by atoms with E-state index < -0.39 is 0 Å². The zero-order valence-corrected chi connectivity index (χ0v) is 12.2. The lowest BCUT2D eigenvalue weighted by atomic mass is 9.95. The van der Waals surface area contributed by atoms with E-state index in [1.807, 2.05) is 30.9 Å². The molecule has 1 N–H and O–H groups in total. The molecule has 0 bridgehead atoms. The van der Waals surface area contributed by atoms with Crippen LogP contribution in [0.5, 0.6) is 5.75 Å². The molecule has 2 aromatic rings. The number of methoxy groups -OCH3 is 1. The molecule has 0 saturated carbocycles. The monoisotopic (exact) mass is 276 g/mol. The van der Waals surface area contributed by atoms with Gasteiger partial charge < -0.3 is 10.1 Å². The first-order valence-corrected chi connectivity index (χ1v) is 7.35. The lowest BCUT2D eigenvalue weighted by Crippen LogP contribution is -2.22. The molecule has 0 aliphatic carbocycles. The smallest absolute Gasteiger partial charge is 0.122 e. The van der Waals surface area contributed by atoms with Gasteiger partial charge in [0.2, 0.25) is 0 Å². The van der Waals surface area contributed by atoms with E-state index in [2.05, 4.69) is 22.4 Å². The van der Waals surface area contributed by atoms with Gasteiger partial charge in [-0.2, -0.15) is 0 Å². The van der Waals surface area contributed by atoms with Gasteiger partial charge in [-0.25, -0.2) is 0 Å². The third kappa shape index (κ3) is 4.04. The minimum Gasteiger partial charge on any atom is -0.496 e. The third-order valence-electron chi connectivity index (χ3n) is 3.17. The van der Waals surface area contributed by atoms with Crippen molar-refractivity contribution in [1.29, 1.82) is 0 Å². The molecule has 3 nitrogen and oxygen atoms in total. The van der Waals surface area contributed by atoms with Crippen LogP contribution in [0.15, 0.2) is 36.0 Å². The minimum atomic E-state index is 0.557. The van der Waals surface area contributed by atoms with Gasteiger partial charge in [-0.1, -0.05) is 18.2 Å². The number of nitrogens with one attached hydrogen (secondary N) is 1. The molecule has 19 heavy (non-hydrogen) atoms. The zero-order valence-electron chi connectivity index (χ0n) is 11.4. The number of aromatic nitrogens is 1. The number of benzene rings is 1. The zero-order chi connectivity index (χ0) is 13.5. The molecule has 0 saturated heterocycles. The van der Waals surface area contributed by atoms with Gasteiger partial charge in [-0.05, 0) is 44.0 Å². The summed E-state index contributed by atoms with van der Waals surface area (Å²) in [7, 11) is 3.73. The SMILES string of the molecule is CNCC(Cc1cncs1)Cc1ccccc1OC. The van der Waals surface area contributed by atoms with Crippen molar-refractivity contribution in [1.82, 2.24) is 10.3 Å². The molecule has 0 radical (unpaired) electrons. The van der Waals surface area contributed by atoms with Crippen LogP contribution in [-0.2, 0) is 12.8 Å². The Morgan fingerprint density at radius 1 is 1.32 bits per heavy atom. The van der Waals surface area contributed by atoms with Crippen molar-refractivity contribution < 1.29 is 4.74 Å². The molecule has 0 amide bonds. The molecule has 1 heterocycles. The van der Waals surface area contributed by atoms with Crippen LogP contribution in [0, 0.1) is 5.92 Å². The van der Waals surface area contributed by atoms with E-state index in [0.29, 0.717) is 5.92 Å². The maximum absolute atomic E-state index is 5.43. The van der Waals surface area contributed by atoms with Gasteiger partial charge in [0, 0.05) is 11.1 Å². The summed E-state index contributed by atoms with van der Waals surface area (Å²) in [6.45, 7) is 0.996. The first-order chi connectivity index (χ1) is 9.33. The van der Waals surface area contributed by atoms with Crippen LogP contribution in [0.3, 0.4) is 0 Å². The predicted octanol–water partition coefficient (Wildman–Crippen LogP) is 2.77. The molecular weight excluding hydrogens is 256 g/mol. The van der Waals surface area contributed by atoms with Crippen molar-refractivity contribution in [3.63, 3.8) is 0 Å². The second-order valence-corrected chi connectivity index (χ2v) is 5.58. The Hall–Kier alpha value is -1.39. The van der Waals surface area contributed by atoms with E-state index in [4.69, 9.17) is 4.74 Å².